The topological polar surface area (TPSA) is 29.9 Å². The minimum absolute atomic E-state index is 0.315. The minimum atomic E-state index is -0.367. The van der Waals surface area contributed by atoms with Gasteiger partial charge in [-0.15, -0.1) is 0 Å². The Morgan fingerprint density at radius 3 is 2.62 bits per heavy atom. The van der Waals surface area contributed by atoms with Gasteiger partial charge in [-0.25, -0.2) is 9.37 Å². The number of para-hydroxylation sites is 1. The molecular weight excluding hydrogens is 289 g/mol. The number of halogens is 2. The lowest BCUT2D eigenvalue weighted by Gasteiger charge is -2.11. The molecule has 0 spiro atoms. The van der Waals surface area contributed by atoms with Crippen LogP contribution in [0.2, 0.25) is 5.02 Å². The van der Waals surface area contributed by atoms with Crippen LogP contribution < -0.4 is 5.32 Å². The molecule has 0 aliphatic rings. The van der Waals surface area contributed by atoms with E-state index in [0.29, 0.717) is 16.7 Å². The monoisotopic (exact) mass is 301 g/mol. The van der Waals surface area contributed by atoms with Gasteiger partial charge < -0.3 is 5.32 Å². The Morgan fingerprint density at radius 2 is 1.90 bits per heavy atom. The SMILES string of the molecule is Cc1cn(-c2ccccc2)c(Nc2ccc(F)cc2Cl)n1. The van der Waals surface area contributed by atoms with Gasteiger partial charge in [-0.2, -0.15) is 0 Å². The van der Waals surface area contributed by atoms with E-state index >= 15 is 0 Å². The van der Waals surface area contributed by atoms with E-state index in [1.165, 1.54) is 12.1 Å². The van der Waals surface area contributed by atoms with Crippen LogP contribution in [0.1, 0.15) is 5.69 Å². The maximum atomic E-state index is 13.1. The van der Waals surface area contributed by atoms with Crippen LogP contribution in [0.25, 0.3) is 5.69 Å². The highest BCUT2D eigenvalue weighted by atomic mass is 35.5. The molecule has 0 aliphatic heterocycles. The zero-order chi connectivity index (χ0) is 14.8. The fourth-order valence-corrected chi connectivity index (χ4v) is 2.30. The number of nitrogens with one attached hydrogen (secondary N) is 1. The minimum Gasteiger partial charge on any atom is -0.324 e. The van der Waals surface area contributed by atoms with E-state index in [4.69, 9.17) is 11.6 Å². The van der Waals surface area contributed by atoms with E-state index < -0.39 is 0 Å². The molecule has 21 heavy (non-hydrogen) atoms. The largest absolute Gasteiger partial charge is 0.324 e. The Hall–Kier alpha value is -2.33. The van der Waals surface area contributed by atoms with Gasteiger partial charge in [0.2, 0.25) is 5.95 Å². The summed E-state index contributed by atoms with van der Waals surface area (Å²) in [6.45, 7) is 1.91. The van der Waals surface area contributed by atoms with Crippen molar-refractivity contribution in [3.8, 4) is 5.69 Å². The van der Waals surface area contributed by atoms with Gasteiger partial charge in [-0.3, -0.25) is 4.57 Å². The third kappa shape index (κ3) is 2.90. The number of anilines is 2. The first-order valence-electron chi connectivity index (χ1n) is 6.47. The molecule has 106 valence electrons. The van der Waals surface area contributed by atoms with E-state index in [0.717, 1.165) is 11.4 Å². The fourth-order valence-electron chi connectivity index (χ4n) is 2.08. The van der Waals surface area contributed by atoms with E-state index in [-0.39, 0.29) is 5.82 Å². The van der Waals surface area contributed by atoms with Gasteiger partial charge in [0.1, 0.15) is 5.82 Å². The molecule has 0 atom stereocenters. The van der Waals surface area contributed by atoms with E-state index in [2.05, 4.69) is 10.3 Å². The molecule has 0 aliphatic carbocycles. The lowest BCUT2D eigenvalue weighted by molar-refractivity contribution is 0.628. The number of rotatable bonds is 3. The Kier molecular flexibility index (Phi) is 3.62. The molecule has 1 N–H and O–H groups in total. The number of nitrogens with zero attached hydrogens (tertiary/aromatic N) is 2. The van der Waals surface area contributed by atoms with Crippen molar-refractivity contribution in [1.82, 2.24) is 9.55 Å². The molecule has 3 rings (SSSR count). The molecule has 0 unspecified atom stereocenters. The maximum absolute atomic E-state index is 13.1. The molecule has 5 heteroatoms. The van der Waals surface area contributed by atoms with Crippen molar-refractivity contribution in [3.05, 3.63) is 71.3 Å². The summed E-state index contributed by atoms with van der Waals surface area (Å²) in [5, 5.41) is 3.46. The van der Waals surface area contributed by atoms with Gasteiger partial charge in [0.15, 0.2) is 0 Å². The van der Waals surface area contributed by atoms with E-state index in [9.17, 15) is 4.39 Å². The Labute approximate surface area is 127 Å². The summed E-state index contributed by atoms with van der Waals surface area (Å²) in [7, 11) is 0. The third-order valence-electron chi connectivity index (χ3n) is 3.04. The highest BCUT2D eigenvalue weighted by molar-refractivity contribution is 6.33. The summed E-state index contributed by atoms with van der Waals surface area (Å²) in [6.07, 6.45) is 1.93. The second-order valence-corrected chi connectivity index (χ2v) is 5.07. The van der Waals surface area contributed by atoms with Crippen LogP contribution in [0.15, 0.2) is 54.7 Å². The summed E-state index contributed by atoms with van der Waals surface area (Å²) in [4.78, 5) is 4.45. The first-order chi connectivity index (χ1) is 10.1. The molecule has 3 aromatic rings. The van der Waals surface area contributed by atoms with Crippen LogP contribution >= 0.6 is 11.6 Å². The van der Waals surface area contributed by atoms with Crippen LogP contribution in [0.5, 0.6) is 0 Å². The average molecular weight is 302 g/mol. The molecule has 0 amide bonds. The van der Waals surface area contributed by atoms with E-state index in [1.807, 2.05) is 48.0 Å². The predicted molar refractivity (Wildman–Crippen MR) is 83.0 cm³/mol. The van der Waals surface area contributed by atoms with Gasteiger partial charge in [-0.05, 0) is 37.3 Å². The number of hydrogen-bond donors (Lipinski definition) is 1. The summed E-state index contributed by atoms with van der Waals surface area (Å²) in [5.41, 5.74) is 2.47. The first-order valence-corrected chi connectivity index (χ1v) is 6.85. The molecule has 3 nitrogen and oxygen atoms in total. The predicted octanol–water partition coefficient (Wildman–Crippen LogP) is 4.72. The maximum Gasteiger partial charge on any atom is 0.212 e. The molecule has 0 saturated heterocycles. The second kappa shape index (κ2) is 5.58. The highest BCUT2D eigenvalue weighted by Crippen LogP contribution is 2.27. The normalized spacial score (nSPS) is 10.6. The van der Waals surface area contributed by atoms with Crippen LogP contribution in [0, 0.1) is 12.7 Å². The molecule has 1 heterocycles. The van der Waals surface area contributed by atoms with Gasteiger partial charge in [0, 0.05) is 11.9 Å². The molecule has 0 fully saturated rings. The van der Waals surface area contributed by atoms with Crippen molar-refractivity contribution in [2.24, 2.45) is 0 Å². The standard InChI is InChI=1S/C16H13ClFN3/c1-11-10-21(13-5-3-2-4-6-13)16(19-11)20-15-8-7-12(18)9-14(15)17/h2-10H,1H3,(H,19,20). The first kappa shape index (κ1) is 13.6. The highest BCUT2D eigenvalue weighted by Gasteiger charge is 2.10. The number of hydrogen-bond acceptors (Lipinski definition) is 2. The Morgan fingerprint density at radius 1 is 1.14 bits per heavy atom. The number of benzene rings is 2. The summed E-state index contributed by atoms with van der Waals surface area (Å²) >= 11 is 6.05. The van der Waals surface area contributed by atoms with Crippen molar-refractivity contribution in [3.63, 3.8) is 0 Å². The number of imidazole rings is 1. The molecule has 0 radical (unpaired) electrons. The zero-order valence-corrected chi connectivity index (χ0v) is 12.1. The molecule has 0 bridgehead atoms. The zero-order valence-electron chi connectivity index (χ0n) is 11.3. The second-order valence-electron chi connectivity index (χ2n) is 4.66. The van der Waals surface area contributed by atoms with Gasteiger partial charge in [-0.1, -0.05) is 29.8 Å². The summed E-state index contributed by atoms with van der Waals surface area (Å²) in [5.74, 6) is 0.264. The van der Waals surface area contributed by atoms with Crippen LogP contribution in [0.4, 0.5) is 16.0 Å². The van der Waals surface area contributed by atoms with Gasteiger partial charge in [0.25, 0.3) is 0 Å². The van der Waals surface area contributed by atoms with Crippen molar-refractivity contribution in [1.29, 1.82) is 0 Å². The molecule has 1 aromatic heterocycles. The number of aromatic nitrogens is 2. The van der Waals surface area contributed by atoms with Crippen molar-refractivity contribution < 1.29 is 4.39 Å². The van der Waals surface area contributed by atoms with Crippen LogP contribution in [0.3, 0.4) is 0 Å². The summed E-state index contributed by atoms with van der Waals surface area (Å²) in [6, 6.07) is 14.1. The molecular formula is C16H13ClFN3. The number of aryl methyl sites for hydroxylation is 1. The fraction of sp³-hybridized carbons (Fsp3) is 0.0625. The van der Waals surface area contributed by atoms with Crippen molar-refractivity contribution in [2.75, 3.05) is 5.32 Å². The van der Waals surface area contributed by atoms with Crippen molar-refractivity contribution in [2.45, 2.75) is 6.92 Å². The van der Waals surface area contributed by atoms with E-state index in [1.54, 1.807) is 6.07 Å². The average Bonchev–Trinajstić information content (AvgIpc) is 2.84. The molecule has 0 saturated carbocycles. The lowest BCUT2D eigenvalue weighted by atomic mass is 10.3. The smallest absolute Gasteiger partial charge is 0.212 e. The summed E-state index contributed by atoms with van der Waals surface area (Å²) < 4.78 is 15.0. The van der Waals surface area contributed by atoms with Crippen LogP contribution in [-0.4, -0.2) is 9.55 Å². The molecule has 2 aromatic carbocycles. The quantitative estimate of drug-likeness (QED) is 0.759. The van der Waals surface area contributed by atoms with Crippen LogP contribution in [-0.2, 0) is 0 Å². The lowest BCUT2D eigenvalue weighted by Crippen LogP contribution is -2.01. The van der Waals surface area contributed by atoms with Gasteiger partial charge >= 0.3 is 0 Å². The van der Waals surface area contributed by atoms with Crippen molar-refractivity contribution >= 4 is 23.2 Å². The van der Waals surface area contributed by atoms with Gasteiger partial charge in [0.05, 0.1) is 16.4 Å². The third-order valence-corrected chi connectivity index (χ3v) is 3.35. The Bertz CT molecular complexity index is 768. The Balaban J connectivity index is 2.00.